The number of nitrogens with zero attached hydrogens (tertiary/aromatic N) is 3. The predicted molar refractivity (Wildman–Crippen MR) is 107 cm³/mol. The minimum atomic E-state index is -1.75. The number of rotatable bonds is 4. The van der Waals surface area contributed by atoms with Crippen LogP contribution in [0.4, 0.5) is 13.2 Å². The van der Waals surface area contributed by atoms with Gasteiger partial charge in [0.15, 0.2) is 11.4 Å². The standard InChI is InChI=1S/C21H19F3N4O4/c1-10-3-4-11(2)28-9-26(10)21(32)17-19(30)18(29)14(8-27(17)28)20(31)25-7-13-15(23)5-12(22)6-16(13)24/h3-6,8,11,20,25,30-31H,1,7,9H2,2H3/t11-,20?/m1/s1. The first-order valence-corrected chi connectivity index (χ1v) is 9.59. The fourth-order valence-electron chi connectivity index (χ4n) is 3.65. The van der Waals surface area contributed by atoms with E-state index in [0.29, 0.717) is 17.8 Å². The lowest BCUT2D eigenvalue weighted by Gasteiger charge is -2.40. The molecule has 0 fully saturated rings. The van der Waals surface area contributed by atoms with Crippen LogP contribution >= 0.6 is 0 Å². The summed E-state index contributed by atoms with van der Waals surface area (Å²) in [4.78, 5) is 26.8. The van der Waals surface area contributed by atoms with Gasteiger partial charge in [0, 0.05) is 36.1 Å². The molecule has 0 radical (unpaired) electrons. The number of aromatic hydroxyl groups is 1. The molecular weight excluding hydrogens is 429 g/mol. The summed E-state index contributed by atoms with van der Waals surface area (Å²) in [5, 5.41) is 25.0. The van der Waals surface area contributed by atoms with Crippen LogP contribution in [-0.2, 0) is 6.54 Å². The second kappa shape index (κ2) is 7.84. The van der Waals surface area contributed by atoms with Crippen molar-refractivity contribution in [2.24, 2.45) is 0 Å². The fraction of sp³-hybridized carbons (Fsp3) is 0.238. The number of carbonyl (C=O) groups excluding carboxylic acids is 1. The molecule has 32 heavy (non-hydrogen) atoms. The van der Waals surface area contributed by atoms with Crippen LogP contribution in [0, 0.1) is 17.5 Å². The van der Waals surface area contributed by atoms with Crippen molar-refractivity contribution in [3.05, 3.63) is 87.3 Å². The lowest BCUT2D eigenvalue weighted by molar-refractivity contribution is 0.0749. The molecule has 0 spiro atoms. The van der Waals surface area contributed by atoms with E-state index < -0.39 is 52.9 Å². The molecule has 11 heteroatoms. The fourth-order valence-corrected chi connectivity index (χ4v) is 3.65. The Kier molecular flexibility index (Phi) is 5.31. The number of halogens is 3. The highest BCUT2D eigenvalue weighted by Gasteiger charge is 2.37. The number of aliphatic hydroxyl groups is 1. The number of fused-ring (bicyclic) bond motifs is 4. The van der Waals surface area contributed by atoms with Crippen molar-refractivity contribution in [3.63, 3.8) is 0 Å². The number of allylic oxidation sites excluding steroid dienone is 1. The largest absolute Gasteiger partial charge is 0.502 e. The Labute approximate surface area is 180 Å². The molecule has 2 aliphatic heterocycles. The molecule has 2 aliphatic rings. The smallest absolute Gasteiger partial charge is 0.282 e. The Bertz CT molecular complexity index is 1200. The van der Waals surface area contributed by atoms with Gasteiger partial charge >= 0.3 is 0 Å². The number of nitrogens with one attached hydrogen (secondary N) is 1. The molecule has 1 aromatic heterocycles. The summed E-state index contributed by atoms with van der Waals surface area (Å²) in [5.41, 5.74) is -1.84. The number of carbonyl (C=O) groups is 1. The van der Waals surface area contributed by atoms with E-state index in [1.165, 1.54) is 15.8 Å². The maximum atomic E-state index is 13.9. The molecule has 2 aromatic rings. The van der Waals surface area contributed by atoms with Crippen molar-refractivity contribution in [1.29, 1.82) is 0 Å². The van der Waals surface area contributed by atoms with E-state index in [0.717, 1.165) is 0 Å². The molecule has 4 rings (SSSR count). The van der Waals surface area contributed by atoms with Crippen LogP contribution in [0.2, 0.25) is 0 Å². The molecule has 2 atom stereocenters. The average Bonchev–Trinajstić information content (AvgIpc) is 2.85. The van der Waals surface area contributed by atoms with E-state index in [2.05, 4.69) is 11.9 Å². The van der Waals surface area contributed by atoms with Gasteiger partial charge in [0.2, 0.25) is 5.43 Å². The van der Waals surface area contributed by atoms with E-state index >= 15 is 0 Å². The second-order valence-corrected chi connectivity index (χ2v) is 7.49. The number of pyridine rings is 1. The van der Waals surface area contributed by atoms with Gasteiger partial charge in [-0.1, -0.05) is 12.7 Å². The first-order chi connectivity index (χ1) is 15.1. The summed E-state index contributed by atoms with van der Waals surface area (Å²) in [5.74, 6) is -4.95. The molecule has 0 saturated carbocycles. The van der Waals surface area contributed by atoms with Crippen LogP contribution in [-0.4, -0.2) is 38.4 Å². The molecule has 1 amide bonds. The Morgan fingerprint density at radius 3 is 2.56 bits per heavy atom. The topological polar surface area (TPSA) is 98.0 Å². The van der Waals surface area contributed by atoms with Gasteiger partial charge in [-0.15, -0.1) is 0 Å². The minimum Gasteiger partial charge on any atom is -0.502 e. The lowest BCUT2D eigenvalue weighted by atomic mass is 10.1. The molecule has 1 aromatic carbocycles. The predicted octanol–water partition coefficient (Wildman–Crippen LogP) is 1.58. The number of hydrogen-bond acceptors (Lipinski definition) is 6. The van der Waals surface area contributed by atoms with E-state index in [1.807, 2.05) is 6.92 Å². The summed E-state index contributed by atoms with van der Waals surface area (Å²) in [7, 11) is 0. The monoisotopic (exact) mass is 448 g/mol. The highest BCUT2D eigenvalue weighted by molar-refractivity contribution is 5.97. The Morgan fingerprint density at radius 2 is 1.91 bits per heavy atom. The summed E-state index contributed by atoms with van der Waals surface area (Å²) in [6, 6.07) is 0.711. The highest BCUT2D eigenvalue weighted by Crippen LogP contribution is 2.28. The second-order valence-electron chi connectivity index (χ2n) is 7.49. The molecule has 1 unspecified atom stereocenters. The van der Waals surface area contributed by atoms with Crippen LogP contribution in [0.1, 0.15) is 34.8 Å². The van der Waals surface area contributed by atoms with Crippen molar-refractivity contribution in [2.75, 3.05) is 11.7 Å². The third-order valence-corrected chi connectivity index (χ3v) is 5.46. The zero-order valence-electron chi connectivity index (χ0n) is 16.8. The number of hydrogen-bond donors (Lipinski definition) is 3. The molecule has 0 aliphatic carbocycles. The van der Waals surface area contributed by atoms with E-state index in [4.69, 9.17) is 0 Å². The van der Waals surface area contributed by atoms with Gasteiger partial charge in [-0.05, 0) is 13.0 Å². The average molecular weight is 448 g/mol. The van der Waals surface area contributed by atoms with Gasteiger partial charge in [-0.25, -0.2) is 13.2 Å². The summed E-state index contributed by atoms with van der Waals surface area (Å²) < 4.78 is 42.1. The Balaban J connectivity index is 1.71. The van der Waals surface area contributed by atoms with Gasteiger partial charge in [-0.3, -0.25) is 29.5 Å². The maximum absolute atomic E-state index is 13.9. The van der Waals surface area contributed by atoms with Crippen molar-refractivity contribution in [3.8, 4) is 5.75 Å². The summed E-state index contributed by atoms with van der Waals surface area (Å²) >= 11 is 0. The molecular formula is C21H19F3N4O4. The molecule has 3 heterocycles. The number of aromatic nitrogens is 1. The zero-order chi connectivity index (χ0) is 23.3. The van der Waals surface area contributed by atoms with Gasteiger partial charge < -0.3 is 10.2 Å². The van der Waals surface area contributed by atoms with Crippen molar-refractivity contribution in [1.82, 2.24) is 14.9 Å². The van der Waals surface area contributed by atoms with E-state index in [-0.39, 0.29) is 24.0 Å². The molecule has 168 valence electrons. The van der Waals surface area contributed by atoms with E-state index in [1.54, 1.807) is 17.2 Å². The van der Waals surface area contributed by atoms with Gasteiger partial charge in [0.1, 0.15) is 30.3 Å². The normalized spacial score (nSPS) is 18.6. The first kappa shape index (κ1) is 21.7. The van der Waals surface area contributed by atoms with E-state index in [9.17, 15) is 33.0 Å². The molecule has 3 N–H and O–H groups in total. The Hall–Kier alpha value is -3.57. The highest BCUT2D eigenvalue weighted by atomic mass is 19.1. The van der Waals surface area contributed by atoms with Crippen LogP contribution in [0.25, 0.3) is 0 Å². The van der Waals surface area contributed by atoms with Crippen molar-refractivity contribution in [2.45, 2.75) is 25.7 Å². The maximum Gasteiger partial charge on any atom is 0.282 e. The van der Waals surface area contributed by atoms with Crippen molar-refractivity contribution >= 4 is 5.91 Å². The molecule has 0 saturated heterocycles. The van der Waals surface area contributed by atoms with Gasteiger partial charge in [-0.2, -0.15) is 0 Å². The number of aliphatic hydroxyl groups excluding tert-OH is 1. The van der Waals surface area contributed by atoms with Crippen LogP contribution in [0.15, 0.2) is 47.6 Å². The number of benzene rings is 1. The number of amides is 1. The third-order valence-electron chi connectivity index (χ3n) is 5.46. The molecule has 2 bridgehead atoms. The third kappa shape index (κ3) is 3.45. The van der Waals surface area contributed by atoms with Crippen LogP contribution < -0.4 is 15.8 Å². The lowest BCUT2D eigenvalue weighted by Crippen LogP contribution is -2.55. The van der Waals surface area contributed by atoms with Crippen LogP contribution in [0.3, 0.4) is 0 Å². The summed E-state index contributed by atoms with van der Waals surface area (Å²) in [6.45, 7) is 5.13. The zero-order valence-corrected chi connectivity index (χ0v) is 16.8. The van der Waals surface area contributed by atoms with Crippen LogP contribution in [0.5, 0.6) is 5.75 Å². The Morgan fingerprint density at radius 1 is 1.25 bits per heavy atom. The minimum absolute atomic E-state index is 0.0795. The summed E-state index contributed by atoms with van der Waals surface area (Å²) in [6.07, 6.45) is 2.85. The van der Waals surface area contributed by atoms with Gasteiger partial charge in [0.05, 0.1) is 11.6 Å². The van der Waals surface area contributed by atoms with Crippen molar-refractivity contribution < 1.29 is 28.2 Å². The van der Waals surface area contributed by atoms with Gasteiger partial charge in [0.25, 0.3) is 5.91 Å². The molecule has 8 nitrogen and oxygen atoms in total. The first-order valence-electron chi connectivity index (χ1n) is 9.59. The SMILES string of the molecule is C=C1C=C[C@@H](C)N2CN1C(=O)c1c(O)c(=O)c(C(O)NCc3c(F)cc(F)cc3F)cn12. The quantitative estimate of drug-likeness (QED) is 0.615.